The molecule has 2 aromatic rings. The Morgan fingerprint density at radius 1 is 1.29 bits per heavy atom. The third-order valence-corrected chi connectivity index (χ3v) is 3.26. The van der Waals surface area contributed by atoms with Crippen LogP contribution in [0.25, 0.3) is 0 Å². The molecule has 0 aliphatic carbocycles. The highest BCUT2D eigenvalue weighted by molar-refractivity contribution is 5.97. The third-order valence-electron chi connectivity index (χ3n) is 3.26. The number of hydrogen-bond acceptors (Lipinski definition) is 4. The minimum absolute atomic E-state index is 0.0852. The average molecular weight is 284 g/mol. The van der Waals surface area contributed by atoms with Crippen molar-refractivity contribution < 1.29 is 5.21 Å². The Kier molecular flexibility index (Phi) is 4.77. The molecule has 0 radical (unpaired) electrons. The summed E-state index contributed by atoms with van der Waals surface area (Å²) in [5.74, 6) is 0.889. The van der Waals surface area contributed by atoms with Crippen LogP contribution < -0.4 is 10.6 Å². The molecule has 0 fully saturated rings. The number of pyridine rings is 1. The molecular formula is C16H20N4O. The van der Waals surface area contributed by atoms with Crippen LogP contribution in [0.15, 0.2) is 53.8 Å². The van der Waals surface area contributed by atoms with E-state index in [4.69, 9.17) is 10.9 Å². The number of nitrogens with two attached hydrogens (primary N) is 1. The van der Waals surface area contributed by atoms with E-state index in [2.05, 4.69) is 41.0 Å². The molecule has 0 aliphatic rings. The largest absolute Gasteiger partial charge is 0.409 e. The zero-order chi connectivity index (χ0) is 15.2. The van der Waals surface area contributed by atoms with E-state index in [1.807, 2.05) is 24.3 Å². The zero-order valence-electron chi connectivity index (χ0n) is 12.3. The Labute approximate surface area is 124 Å². The summed E-state index contributed by atoms with van der Waals surface area (Å²) >= 11 is 0. The minimum Gasteiger partial charge on any atom is -0.409 e. The van der Waals surface area contributed by atoms with Gasteiger partial charge in [0, 0.05) is 24.3 Å². The highest BCUT2D eigenvalue weighted by Crippen LogP contribution is 2.18. The number of rotatable bonds is 5. The predicted octanol–water partition coefficient (Wildman–Crippen LogP) is 2.59. The number of oxime groups is 1. The fourth-order valence-electron chi connectivity index (χ4n) is 2.10. The summed E-state index contributed by atoms with van der Waals surface area (Å²) < 4.78 is 0. The molecule has 0 spiro atoms. The van der Waals surface area contributed by atoms with Gasteiger partial charge in [0.25, 0.3) is 0 Å². The Balaban J connectivity index is 2.30. The summed E-state index contributed by atoms with van der Waals surface area (Å²) in [5, 5.41) is 11.8. The Bertz CT molecular complexity index is 611. The van der Waals surface area contributed by atoms with Crippen molar-refractivity contribution in [3.8, 4) is 0 Å². The summed E-state index contributed by atoms with van der Waals surface area (Å²) in [5.41, 5.74) is 7.51. The lowest BCUT2D eigenvalue weighted by Crippen LogP contribution is -2.31. The normalized spacial score (nSPS) is 11.7. The molecule has 5 heteroatoms. The van der Waals surface area contributed by atoms with E-state index in [0.29, 0.717) is 5.56 Å². The molecule has 0 aliphatic heterocycles. The summed E-state index contributed by atoms with van der Waals surface area (Å²) in [6, 6.07) is 14.0. The molecule has 0 saturated heterocycles. The SMILES string of the molecule is CC(C)N(Cc1ccccc1)c1cc(/C(N)=N/O)ccn1. The molecule has 3 N–H and O–H groups in total. The highest BCUT2D eigenvalue weighted by atomic mass is 16.4. The van der Waals surface area contributed by atoms with Gasteiger partial charge in [0.1, 0.15) is 5.82 Å². The quantitative estimate of drug-likeness (QED) is 0.383. The fourth-order valence-corrected chi connectivity index (χ4v) is 2.10. The molecule has 0 unspecified atom stereocenters. The number of amidine groups is 1. The van der Waals surface area contributed by atoms with Crippen LogP contribution in [0.2, 0.25) is 0 Å². The van der Waals surface area contributed by atoms with Crippen LogP contribution in [0.1, 0.15) is 25.0 Å². The van der Waals surface area contributed by atoms with E-state index in [9.17, 15) is 0 Å². The molecule has 110 valence electrons. The third kappa shape index (κ3) is 3.72. The second-order valence-electron chi connectivity index (χ2n) is 5.10. The summed E-state index contributed by atoms with van der Waals surface area (Å²) in [6.45, 7) is 4.98. The van der Waals surface area contributed by atoms with Crippen LogP contribution in [-0.2, 0) is 6.54 Å². The van der Waals surface area contributed by atoms with Crippen molar-refractivity contribution in [1.29, 1.82) is 0 Å². The monoisotopic (exact) mass is 284 g/mol. The van der Waals surface area contributed by atoms with E-state index in [1.165, 1.54) is 5.56 Å². The lowest BCUT2D eigenvalue weighted by Gasteiger charge is -2.28. The molecule has 1 aromatic carbocycles. The molecule has 2 rings (SSSR count). The van der Waals surface area contributed by atoms with Gasteiger partial charge >= 0.3 is 0 Å². The van der Waals surface area contributed by atoms with Gasteiger partial charge in [0.05, 0.1) is 0 Å². The Morgan fingerprint density at radius 2 is 2.00 bits per heavy atom. The van der Waals surface area contributed by atoms with Gasteiger partial charge in [0.2, 0.25) is 0 Å². The number of nitrogens with zero attached hydrogens (tertiary/aromatic N) is 3. The van der Waals surface area contributed by atoms with Crippen molar-refractivity contribution in [3.63, 3.8) is 0 Å². The van der Waals surface area contributed by atoms with E-state index in [1.54, 1.807) is 12.3 Å². The molecule has 0 atom stereocenters. The molecule has 5 nitrogen and oxygen atoms in total. The predicted molar refractivity (Wildman–Crippen MR) is 84.5 cm³/mol. The summed E-state index contributed by atoms with van der Waals surface area (Å²) in [4.78, 5) is 6.58. The van der Waals surface area contributed by atoms with Gasteiger partial charge in [-0.15, -0.1) is 0 Å². The molecule has 0 bridgehead atoms. The van der Waals surface area contributed by atoms with Crippen molar-refractivity contribution in [1.82, 2.24) is 4.98 Å². The van der Waals surface area contributed by atoms with E-state index in [0.717, 1.165) is 12.4 Å². The topological polar surface area (TPSA) is 74.7 Å². The van der Waals surface area contributed by atoms with Gasteiger partial charge < -0.3 is 15.8 Å². The average Bonchev–Trinajstić information content (AvgIpc) is 2.52. The number of hydrogen-bond donors (Lipinski definition) is 2. The van der Waals surface area contributed by atoms with E-state index >= 15 is 0 Å². The van der Waals surface area contributed by atoms with Crippen molar-refractivity contribution in [2.45, 2.75) is 26.4 Å². The molecule has 1 heterocycles. The smallest absolute Gasteiger partial charge is 0.170 e. The first kappa shape index (κ1) is 14.8. The number of aromatic nitrogens is 1. The van der Waals surface area contributed by atoms with Gasteiger partial charge in [-0.05, 0) is 31.5 Å². The Hall–Kier alpha value is -2.56. The van der Waals surface area contributed by atoms with Crippen molar-refractivity contribution in [2.75, 3.05) is 4.90 Å². The standard InChI is InChI=1S/C16H20N4O/c1-12(2)20(11-13-6-4-3-5-7-13)15-10-14(8-9-18-15)16(17)19-21/h3-10,12,21H,11H2,1-2H3,(H2,17,19). The molecule has 1 aromatic heterocycles. The van der Waals surface area contributed by atoms with Gasteiger partial charge in [-0.2, -0.15) is 0 Å². The molecular weight excluding hydrogens is 264 g/mol. The van der Waals surface area contributed by atoms with Crippen LogP contribution >= 0.6 is 0 Å². The summed E-state index contributed by atoms with van der Waals surface area (Å²) in [6.07, 6.45) is 1.67. The van der Waals surface area contributed by atoms with Crippen LogP contribution in [0.3, 0.4) is 0 Å². The molecule has 21 heavy (non-hydrogen) atoms. The first-order valence-corrected chi connectivity index (χ1v) is 6.86. The zero-order valence-corrected chi connectivity index (χ0v) is 12.3. The first-order chi connectivity index (χ1) is 10.1. The van der Waals surface area contributed by atoms with Crippen LogP contribution in [0.5, 0.6) is 0 Å². The maximum Gasteiger partial charge on any atom is 0.170 e. The number of anilines is 1. The lowest BCUT2D eigenvalue weighted by molar-refractivity contribution is 0.318. The fraction of sp³-hybridized carbons (Fsp3) is 0.250. The maximum atomic E-state index is 8.79. The summed E-state index contributed by atoms with van der Waals surface area (Å²) in [7, 11) is 0. The van der Waals surface area contributed by atoms with Crippen LogP contribution in [0, 0.1) is 0 Å². The highest BCUT2D eigenvalue weighted by Gasteiger charge is 2.13. The van der Waals surface area contributed by atoms with Crippen LogP contribution in [0.4, 0.5) is 5.82 Å². The number of benzene rings is 1. The Morgan fingerprint density at radius 3 is 2.62 bits per heavy atom. The maximum absolute atomic E-state index is 8.79. The van der Waals surface area contributed by atoms with Gasteiger partial charge in [0.15, 0.2) is 5.84 Å². The second kappa shape index (κ2) is 6.74. The van der Waals surface area contributed by atoms with Crippen molar-refractivity contribution in [2.24, 2.45) is 10.9 Å². The van der Waals surface area contributed by atoms with Crippen LogP contribution in [-0.4, -0.2) is 22.1 Å². The molecule has 0 saturated carbocycles. The van der Waals surface area contributed by atoms with E-state index in [-0.39, 0.29) is 11.9 Å². The minimum atomic E-state index is 0.0852. The van der Waals surface area contributed by atoms with Gasteiger partial charge in [-0.3, -0.25) is 0 Å². The van der Waals surface area contributed by atoms with E-state index < -0.39 is 0 Å². The first-order valence-electron chi connectivity index (χ1n) is 6.86. The van der Waals surface area contributed by atoms with Crippen molar-refractivity contribution >= 4 is 11.7 Å². The molecule has 0 amide bonds. The second-order valence-corrected chi connectivity index (χ2v) is 5.10. The van der Waals surface area contributed by atoms with Gasteiger partial charge in [-0.25, -0.2) is 4.98 Å². The van der Waals surface area contributed by atoms with Gasteiger partial charge in [-0.1, -0.05) is 35.5 Å². The van der Waals surface area contributed by atoms with Crippen molar-refractivity contribution in [3.05, 3.63) is 59.8 Å². The lowest BCUT2D eigenvalue weighted by atomic mass is 10.1.